The highest BCUT2D eigenvalue weighted by Crippen LogP contribution is 2.32. The third kappa shape index (κ3) is 4.98. The molecule has 0 aliphatic carbocycles. The van der Waals surface area contributed by atoms with Crippen molar-refractivity contribution in [1.29, 1.82) is 0 Å². The topological polar surface area (TPSA) is 89.8 Å². The molecule has 168 valence electrons. The number of amides is 2. The van der Waals surface area contributed by atoms with Gasteiger partial charge in [0.1, 0.15) is 22.8 Å². The number of carbonyl (C=O) groups is 2. The molecule has 7 nitrogen and oxygen atoms in total. The number of furan rings is 1. The number of methoxy groups -OCH3 is 1. The molecule has 2 N–H and O–H groups in total. The fourth-order valence-corrected chi connectivity index (χ4v) is 3.33. The Morgan fingerprint density at radius 1 is 0.818 bits per heavy atom. The predicted octanol–water partition coefficient (Wildman–Crippen LogP) is 5.73. The molecule has 1 aromatic heterocycles. The molecule has 0 aliphatic heterocycles. The first-order valence-electron chi connectivity index (χ1n) is 10.5. The van der Waals surface area contributed by atoms with Crippen molar-refractivity contribution in [2.45, 2.75) is 20.0 Å². The average Bonchev–Trinajstić information content (AvgIpc) is 3.18. The van der Waals surface area contributed by atoms with Crippen molar-refractivity contribution >= 4 is 34.2 Å². The van der Waals surface area contributed by atoms with E-state index < -0.39 is 5.91 Å². The molecular weight excluding hydrogens is 420 g/mol. The Balaban J connectivity index is 1.60. The van der Waals surface area contributed by atoms with Crippen molar-refractivity contribution < 1.29 is 23.5 Å². The Labute approximate surface area is 191 Å². The van der Waals surface area contributed by atoms with Crippen LogP contribution in [0.2, 0.25) is 0 Å². The van der Waals surface area contributed by atoms with Gasteiger partial charge in [0.15, 0.2) is 0 Å². The van der Waals surface area contributed by atoms with E-state index in [0.717, 1.165) is 0 Å². The number of benzene rings is 3. The SMILES string of the molecule is COc1ccc(NC(=O)c2oc3ccccc3c2NC(=O)c2ccc(OC(C)C)cc2)cc1. The van der Waals surface area contributed by atoms with Gasteiger partial charge in [-0.15, -0.1) is 0 Å². The number of carbonyl (C=O) groups excluding carboxylic acids is 2. The van der Waals surface area contributed by atoms with E-state index in [1.165, 1.54) is 0 Å². The van der Waals surface area contributed by atoms with Gasteiger partial charge >= 0.3 is 0 Å². The third-order valence-corrected chi connectivity index (χ3v) is 4.88. The standard InChI is InChI=1S/C26H24N2O5/c1-16(2)32-20-12-8-17(9-13-20)25(29)28-23-21-6-4-5-7-22(21)33-24(23)26(30)27-18-10-14-19(31-3)15-11-18/h4-16H,1-3H3,(H,27,30)(H,28,29). The fraction of sp³-hybridized carbons (Fsp3) is 0.154. The number of hydrogen-bond donors (Lipinski definition) is 2. The molecule has 0 atom stereocenters. The van der Waals surface area contributed by atoms with Crippen molar-refractivity contribution in [1.82, 2.24) is 0 Å². The first kappa shape index (κ1) is 22.0. The van der Waals surface area contributed by atoms with Crippen LogP contribution in [0, 0.1) is 0 Å². The smallest absolute Gasteiger partial charge is 0.293 e. The minimum absolute atomic E-state index is 0.0140. The van der Waals surface area contributed by atoms with Crippen molar-refractivity contribution in [3.63, 3.8) is 0 Å². The summed E-state index contributed by atoms with van der Waals surface area (Å²) in [6.45, 7) is 3.87. The normalized spacial score (nSPS) is 10.8. The van der Waals surface area contributed by atoms with Crippen molar-refractivity contribution in [3.8, 4) is 11.5 Å². The molecule has 0 fully saturated rings. The molecule has 3 aromatic carbocycles. The summed E-state index contributed by atoms with van der Waals surface area (Å²) < 4.78 is 16.6. The van der Waals surface area contributed by atoms with E-state index in [1.807, 2.05) is 19.9 Å². The number of nitrogens with one attached hydrogen (secondary N) is 2. The average molecular weight is 444 g/mol. The maximum absolute atomic E-state index is 13.0. The Kier molecular flexibility index (Phi) is 6.31. The van der Waals surface area contributed by atoms with Gasteiger partial charge in [0.25, 0.3) is 11.8 Å². The van der Waals surface area contributed by atoms with Crippen LogP contribution < -0.4 is 20.1 Å². The van der Waals surface area contributed by atoms with Crippen LogP contribution in [0.5, 0.6) is 11.5 Å². The van der Waals surface area contributed by atoms with Gasteiger partial charge in [0.05, 0.1) is 13.2 Å². The number of fused-ring (bicyclic) bond motifs is 1. The van der Waals surface area contributed by atoms with E-state index in [2.05, 4.69) is 10.6 Å². The lowest BCUT2D eigenvalue weighted by Crippen LogP contribution is -2.17. The van der Waals surface area contributed by atoms with E-state index in [1.54, 1.807) is 73.8 Å². The molecule has 0 unspecified atom stereocenters. The summed E-state index contributed by atoms with van der Waals surface area (Å²) in [7, 11) is 1.57. The fourth-order valence-electron chi connectivity index (χ4n) is 3.33. The zero-order valence-electron chi connectivity index (χ0n) is 18.5. The van der Waals surface area contributed by atoms with Crippen LogP contribution in [0.3, 0.4) is 0 Å². The van der Waals surface area contributed by atoms with Gasteiger partial charge in [-0.25, -0.2) is 0 Å². The van der Waals surface area contributed by atoms with Crippen molar-refractivity contribution in [2.75, 3.05) is 17.7 Å². The summed E-state index contributed by atoms with van der Waals surface area (Å²) >= 11 is 0. The zero-order valence-corrected chi connectivity index (χ0v) is 18.5. The van der Waals surface area contributed by atoms with Crippen LogP contribution in [-0.2, 0) is 0 Å². The van der Waals surface area contributed by atoms with Gasteiger partial charge in [0, 0.05) is 16.6 Å². The van der Waals surface area contributed by atoms with Gasteiger partial charge in [-0.3, -0.25) is 9.59 Å². The quantitative estimate of drug-likeness (QED) is 0.380. The van der Waals surface area contributed by atoms with E-state index in [-0.39, 0.29) is 17.8 Å². The number of anilines is 2. The van der Waals surface area contributed by atoms with E-state index in [0.29, 0.717) is 39.4 Å². The Hall–Kier alpha value is -4.26. The molecule has 0 saturated heterocycles. The van der Waals surface area contributed by atoms with E-state index in [9.17, 15) is 9.59 Å². The second kappa shape index (κ2) is 9.48. The molecule has 4 rings (SSSR count). The van der Waals surface area contributed by atoms with Crippen LogP contribution in [-0.4, -0.2) is 25.0 Å². The first-order valence-corrected chi connectivity index (χ1v) is 10.5. The monoisotopic (exact) mass is 444 g/mol. The Bertz CT molecular complexity index is 1270. The molecular formula is C26H24N2O5. The predicted molar refractivity (Wildman–Crippen MR) is 127 cm³/mol. The van der Waals surface area contributed by atoms with Gasteiger partial charge < -0.3 is 24.5 Å². The minimum atomic E-state index is -0.479. The van der Waals surface area contributed by atoms with Gasteiger partial charge in [-0.2, -0.15) is 0 Å². The Morgan fingerprint density at radius 2 is 1.48 bits per heavy atom. The summed E-state index contributed by atoms with van der Waals surface area (Å²) in [4.78, 5) is 26.0. The summed E-state index contributed by atoms with van der Waals surface area (Å²) in [5, 5.41) is 6.26. The number of hydrogen-bond acceptors (Lipinski definition) is 5. The molecule has 0 spiro atoms. The number of para-hydroxylation sites is 1. The molecule has 0 saturated carbocycles. The van der Waals surface area contributed by atoms with Gasteiger partial charge in [0.2, 0.25) is 5.76 Å². The zero-order chi connectivity index (χ0) is 23.4. The van der Waals surface area contributed by atoms with Gasteiger partial charge in [-0.1, -0.05) is 12.1 Å². The second-order valence-corrected chi connectivity index (χ2v) is 7.63. The van der Waals surface area contributed by atoms with Crippen LogP contribution in [0.25, 0.3) is 11.0 Å². The highest BCUT2D eigenvalue weighted by molar-refractivity contribution is 6.16. The van der Waals surface area contributed by atoms with Crippen LogP contribution >= 0.6 is 0 Å². The molecule has 1 heterocycles. The first-order chi connectivity index (χ1) is 15.9. The number of rotatable bonds is 7. The van der Waals surface area contributed by atoms with Crippen molar-refractivity contribution in [3.05, 3.63) is 84.1 Å². The second-order valence-electron chi connectivity index (χ2n) is 7.63. The minimum Gasteiger partial charge on any atom is -0.497 e. The van der Waals surface area contributed by atoms with Crippen LogP contribution in [0.1, 0.15) is 34.8 Å². The van der Waals surface area contributed by atoms with Gasteiger partial charge in [-0.05, 0) is 74.5 Å². The molecule has 0 radical (unpaired) electrons. The summed E-state index contributed by atoms with van der Waals surface area (Å²) in [5.41, 5.74) is 1.80. The summed E-state index contributed by atoms with van der Waals surface area (Å²) in [6.07, 6.45) is 0.0359. The largest absolute Gasteiger partial charge is 0.497 e. The number of ether oxygens (including phenoxy) is 2. The lowest BCUT2D eigenvalue weighted by molar-refractivity contribution is 0.0999. The maximum Gasteiger partial charge on any atom is 0.293 e. The molecule has 7 heteroatoms. The molecule has 0 bridgehead atoms. The lowest BCUT2D eigenvalue weighted by atomic mass is 10.1. The summed E-state index contributed by atoms with van der Waals surface area (Å²) in [5.74, 6) is 0.521. The molecule has 33 heavy (non-hydrogen) atoms. The molecule has 0 aliphatic rings. The van der Waals surface area contributed by atoms with E-state index >= 15 is 0 Å². The van der Waals surface area contributed by atoms with Crippen molar-refractivity contribution in [2.24, 2.45) is 0 Å². The molecule has 2 amide bonds. The Morgan fingerprint density at radius 3 is 2.15 bits per heavy atom. The maximum atomic E-state index is 13.0. The summed E-state index contributed by atoms with van der Waals surface area (Å²) in [6, 6.07) is 20.9. The molecule has 4 aromatic rings. The highest BCUT2D eigenvalue weighted by Gasteiger charge is 2.23. The highest BCUT2D eigenvalue weighted by atomic mass is 16.5. The van der Waals surface area contributed by atoms with Crippen LogP contribution in [0.15, 0.2) is 77.2 Å². The van der Waals surface area contributed by atoms with E-state index in [4.69, 9.17) is 13.9 Å². The third-order valence-electron chi connectivity index (χ3n) is 4.88. The lowest BCUT2D eigenvalue weighted by Gasteiger charge is -2.10. The van der Waals surface area contributed by atoms with Crippen LogP contribution in [0.4, 0.5) is 11.4 Å².